The van der Waals surface area contributed by atoms with Crippen molar-refractivity contribution in [2.24, 2.45) is 0 Å². The molecule has 0 radical (unpaired) electrons. The van der Waals surface area contributed by atoms with Crippen LogP contribution in [-0.2, 0) is 0 Å². The maximum absolute atomic E-state index is 14.1. The highest BCUT2D eigenvalue weighted by Gasteiger charge is 2.20. The molecule has 0 bridgehead atoms. The number of nitrogens with zero attached hydrogens (tertiary/aromatic N) is 1. The number of halogens is 2. The van der Waals surface area contributed by atoms with Crippen molar-refractivity contribution in [1.29, 1.82) is 0 Å². The van der Waals surface area contributed by atoms with Crippen LogP contribution in [0.15, 0.2) is 60.7 Å². The molecule has 4 aromatic rings. The Morgan fingerprint density at radius 1 is 0.848 bits per heavy atom. The van der Waals surface area contributed by atoms with E-state index in [0.717, 1.165) is 12.1 Å². The van der Waals surface area contributed by atoms with Crippen LogP contribution in [-0.4, -0.2) is 32.2 Å². The minimum atomic E-state index is -0.869. The van der Waals surface area contributed by atoms with Gasteiger partial charge in [-0.3, -0.25) is 4.79 Å². The number of fused-ring (bicyclic) bond motifs is 1. The number of pyridine rings is 1. The number of ether oxygens (including phenoxy) is 3. The third-order valence-electron chi connectivity index (χ3n) is 5.12. The molecule has 168 valence electrons. The molecule has 6 nitrogen and oxygen atoms in total. The molecule has 0 aliphatic carbocycles. The predicted molar refractivity (Wildman–Crippen MR) is 121 cm³/mol. The average molecular weight is 450 g/mol. The first-order valence-corrected chi connectivity index (χ1v) is 9.92. The largest absolute Gasteiger partial charge is 0.493 e. The van der Waals surface area contributed by atoms with Crippen LogP contribution >= 0.6 is 0 Å². The van der Waals surface area contributed by atoms with Gasteiger partial charge in [-0.05, 0) is 36.4 Å². The highest BCUT2D eigenvalue weighted by molar-refractivity contribution is 6.13. The van der Waals surface area contributed by atoms with Crippen LogP contribution in [0.2, 0.25) is 0 Å². The Bertz CT molecular complexity index is 1310. The van der Waals surface area contributed by atoms with E-state index in [1.807, 2.05) is 0 Å². The van der Waals surface area contributed by atoms with E-state index in [0.29, 0.717) is 39.4 Å². The standard InChI is InChI=1S/C25H20F2N2O4/c1-31-21-11-14(12-22(32-2)24(21)33-3)20-13-16(15-7-4-5-10-19(15)28-20)25(30)29-23-17(26)8-6-9-18(23)27/h4-13H,1-3H3,(H,29,30). The lowest BCUT2D eigenvalue weighted by Gasteiger charge is -2.15. The molecule has 3 aromatic carbocycles. The van der Waals surface area contributed by atoms with Crippen molar-refractivity contribution in [3.63, 3.8) is 0 Å². The lowest BCUT2D eigenvalue weighted by atomic mass is 10.0. The molecule has 0 aliphatic heterocycles. The van der Waals surface area contributed by atoms with Gasteiger partial charge in [0.1, 0.15) is 17.3 Å². The monoisotopic (exact) mass is 450 g/mol. The van der Waals surface area contributed by atoms with Gasteiger partial charge >= 0.3 is 0 Å². The van der Waals surface area contributed by atoms with Crippen molar-refractivity contribution >= 4 is 22.5 Å². The Morgan fingerprint density at radius 3 is 2.09 bits per heavy atom. The van der Waals surface area contributed by atoms with E-state index in [1.54, 1.807) is 42.5 Å². The molecule has 0 fully saturated rings. The Morgan fingerprint density at radius 2 is 1.48 bits per heavy atom. The fraction of sp³-hybridized carbons (Fsp3) is 0.120. The minimum Gasteiger partial charge on any atom is -0.493 e. The summed E-state index contributed by atoms with van der Waals surface area (Å²) in [5, 5.41) is 2.87. The van der Waals surface area contributed by atoms with E-state index >= 15 is 0 Å². The van der Waals surface area contributed by atoms with E-state index in [2.05, 4.69) is 10.3 Å². The molecular weight excluding hydrogens is 430 g/mol. The van der Waals surface area contributed by atoms with Crippen LogP contribution in [0.3, 0.4) is 0 Å². The van der Waals surface area contributed by atoms with Gasteiger partial charge in [-0.2, -0.15) is 0 Å². The van der Waals surface area contributed by atoms with E-state index in [9.17, 15) is 13.6 Å². The number of carbonyl (C=O) groups is 1. The number of carbonyl (C=O) groups excluding carboxylic acids is 1. The Balaban J connectivity index is 1.87. The highest BCUT2D eigenvalue weighted by Crippen LogP contribution is 2.41. The number of rotatable bonds is 6. The van der Waals surface area contributed by atoms with Gasteiger partial charge in [-0.1, -0.05) is 24.3 Å². The molecule has 1 aromatic heterocycles. The molecule has 0 saturated carbocycles. The molecule has 0 unspecified atom stereocenters. The van der Waals surface area contributed by atoms with Crippen molar-refractivity contribution in [1.82, 2.24) is 4.98 Å². The van der Waals surface area contributed by atoms with Crippen LogP contribution in [0.25, 0.3) is 22.2 Å². The number of benzene rings is 3. The summed E-state index contributed by atoms with van der Waals surface area (Å²) in [7, 11) is 4.49. The van der Waals surface area contributed by atoms with Crippen molar-refractivity contribution in [3.8, 4) is 28.5 Å². The Hall–Kier alpha value is -4.20. The second-order valence-electron chi connectivity index (χ2n) is 7.04. The molecule has 33 heavy (non-hydrogen) atoms. The maximum atomic E-state index is 14.1. The number of anilines is 1. The number of methoxy groups -OCH3 is 3. The molecule has 0 saturated heterocycles. The molecule has 1 heterocycles. The zero-order valence-corrected chi connectivity index (χ0v) is 18.1. The number of hydrogen-bond acceptors (Lipinski definition) is 5. The molecule has 0 atom stereocenters. The SMILES string of the molecule is COc1cc(-c2cc(C(=O)Nc3c(F)cccc3F)c3ccccc3n2)cc(OC)c1OC. The van der Waals surface area contributed by atoms with Crippen LogP contribution in [0.5, 0.6) is 17.2 Å². The van der Waals surface area contributed by atoms with Crippen LogP contribution in [0.1, 0.15) is 10.4 Å². The molecule has 8 heteroatoms. The maximum Gasteiger partial charge on any atom is 0.256 e. The number of nitrogens with one attached hydrogen (secondary N) is 1. The number of hydrogen-bond donors (Lipinski definition) is 1. The summed E-state index contributed by atoms with van der Waals surface area (Å²) in [4.78, 5) is 17.8. The first kappa shape index (κ1) is 22.0. The van der Waals surface area contributed by atoms with E-state index in [1.165, 1.54) is 27.4 Å². The van der Waals surface area contributed by atoms with Gasteiger partial charge in [0.2, 0.25) is 5.75 Å². The highest BCUT2D eigenvalue weighted by atomic mass is 19.1. The van der Waals surface area contributed by atoms with Gasteiger partial charge in [0.15, 0.2) is 11.5 Å². The van der Waals surface area contributed by atoms with Crippen molar-refractivity contribution in [2.75, 3.05) is 26.6 Å². The third-order valence-corrected chi connectivity index (χ3v) is 5.12. The summed E-state index contributed by atoms with van der Waals surface area (Å²) in [5.41, 5.74) is 1.25. The van der Waals surface area contributed by atoms with E-state index in [-0.39, 0.29) is 5.56 Å². The molecule has 0 aliphatic rings. The molecule has 0 spiro atoms. The fourth-order valence-corrected chi connectivity index (χ4v) is 3.54. The topological polar surface area (TPSA) is 69.7 Å². The average Bonchev–Trinajstić information content (AvgIpc) is 2.84. The quantitative estimate of drug-likeness (QED) is 0.423. The number of aromatic nitrogens is 1. The summed E-state index contributed by atoms with van der Waals surface area (Å²) in [6.07, 6.45) is 0. The van der Waals surface area contributed by atoms with Gasteiger partial charge in [0.05, 0.1) is 38.1 Å². The van der Waals surface area contributed by atoms with Crippen LogP contribution in [0.4, 0.5) is 14.5 Å². The van der Waals surface area contributed by atoms with E-state index < -0.39 is 23.2 Å². The summed E-state index contributed by atoms with van der Waals surface area (Å²) in [5.74, 6) is -1.16. The molecule has 1 N–H and O–H groups in total. The lowest BCUT2D eigenvalue weighted by molar-refractivity contribution is 0.102. The summed E-state index contributed by atoms with van der Waals surface area (Å²) < 4.78 is 44.4. The summed E-state index contributed by atoms with van der Waals surface area (Å²) in [6.45, 7) is 0. The van der Waals surface area contributed by atoms with Crippen molar-refractivity contribution < 1.29 is 27.8 Å². The normalized spacial score (nSPS) is 10.7. The minimum absolute atomic E-state index is 0.201. The molecule has 4 rings (SSSR count). The van der Waals surface area contributed by atoms with Gasteiger partial charge in [-0.15, -0.1) is 0 Å². The zero-order chi connectivity index (χ0) is 23.5. The Labute approximate surface area is 188 Å². The van der Waals surface area contributed by atoms with Gasteiger partial charge < -0.3 is 19.5 Å². The third kappa shape index (κ3) is 4.15. The fourth-order valence-electron chi connectivity index (χ4n) is 3.54. The smallest absolute Gasteiger partial charge is 0.256 e. The second-order valence-corrected chi connectivity index (χ2v) is 7.04. The first-order valence-electron chi connectivity index (χ1n) is 9.92. The van der Waals surface area contributed by atoms with Crippen molar-refractivity contribution in [3.05, 3.63) is 77.9 Å². The van der Waals surface area contributed by atoms with Gasteiger partial charge in [-0.25, -0.2) is 13.8 Å². The van der Waals surface area contributed by atoms with Gasteiger partial charge in [0.25, 0.3) is 5.91 Å². The molecular formula is C25H20F2N2O4. The lowest BCUT2D eigenvalue weighted by Crippen LogP contribution is -2.15. The van der Waals surface area contributed by atoms with Crippen LogP contribution in [0, 0.1) is 11.6 Å². The summed E-state index contributed by atoms with van der Waals surface area (Å²) >= 11 is 0. The van der Waals surface area contributed by atoms with Crippen molar-refractivity contribution in [2.45, 2.75) is 0 Å². The predicted octanol–water partition coefficient (Wildman–Crippen LogP) is 5.46. The number of para-hydroxylation sites is 2. The number of amides is 1. The van der Waals surface area contributed by atoms with Gasteiger partial charge in [0, 0.05) is 10.9 Å². The summed E-state index contributed by atoms with van der Waals surface area (Å²) in [6, 6.07) is 15.3. The van der Waals surface area contributed by atoms with Crippen LogP contribution < -0.4 is 19.5 Å². The Kier molecular flexibility index (Phi) is 6.08. The van der Waals surface area contributed by atoms with E-state index in [4.69, 9.17) is 14.2 Å². The second kappa shape index (κ2) is 9.12. The first-order chi connectivity index (χ1) is 16.0. The zero-order valence-electron chi connectivity index (χ0n) is 18.1. The molecule has 1 amide bonds.